The third-order valence-corrected chi connectivity index (χ3v) is 2.85. The lowest BCUT2D eigenvalue weighted by Crippen LogP contribution is -2.08. The number of hydrogen-bond acceptors (Lipinski definition) is 2. The average molecular weight is 192 g/mol. The molecule has 0 spiro atoms. The van der Waals surface area contributed by atoms with E-state index in [4.69, 9.17) is 4.74 Å². The van der Waals surface area contributed by atoms with Crippen LogP contribution < -0.4 is 4.74 Å². The maximum atomic E-state index is 9.66. The molecule has 2 heteroatoms. The molecule has 1 aromatic carbocycles. The highest BCUT2D eigenvalue weighted by molar-refractivity contribution is 5.36. The highest BCUT2D eigenvalue weighted by Crippen LogP contribution is 2.24. The van der Waals surface area contributed by atoms with Gasteiger partial charge in [-0.3, -0.25) is 0 Å². The molecule has 1 atom stereocenters. The molecule has 2 nitrogen and oxygen atoms in total. The summed E-state index contributed by atoms with van der Waals surface area (Å²) in [6.07, 6.45) is 3.67. The Morgan fingerprint density at radius 3 is 3.00 bits per heavy atom. The summed E-state index contributed by atoms with van der Waals surface area (Å²) in [6, 6.07) is 6.16. The quantitative estimate of drug-likeness (QED) is 0.689. The lowest BCUT2D eigenvalue weighted by atomic mass is 10.0. The van der Waals surface area contributed by atoms with Crippen molar-refractivity contribution in [3.05, 3.63) is 29.3 Å². The molecule has 0 heterocycles. The maximum absolute atomic E-state index is 9.66. The van der Waals surface area contributed by atoms with Gasteiger partial charge in [-0.1, -0.05) is 6.07 Å². The highest BCUT2D eigenvalue weighted by atomic mass is 16.5. The van der Waals surface area contributed by atoms with Gasteiger partial charge in [0.1, 0.15) is 5.75 Å². The molecule has 1 aromatic rings. The first-order valence-corrected chi connectivity index (χ1v) is 5.13. The van der Waals surface area contributed by atoms with Gasteiger partial charge in [-0.05, 0) is 48.9 Å². The molecule has 2 rings (SSSR count). The molecule has 0 saturated heterocycles. The fraction of sp³-hybridized carbons (Fsp3) is 0.500. The first-order valence-electron chi connectivity index (χ1n) is 5.13. The zero-order valence-electron chi connectivity index (χ0n) is 8.49. The van der Waals surface area contributed by atoms with E-state index in [0.717, 1.165) is 31.4 Å². The summed E-state index contributed by atoms with van der Waals surface area (Å²) in [5.74, 6) is 0.887. The number of aliphatic hydroxyl groups is 1. The van der Waals surface area contributed by atoms with Crippen LogP contribution >= 0.6 is 0 Å². The maximum Gasteiger partial charge on any atom is 0.119 e. The molecule has 76 valence electrons. The van der Waals surface area contributed by atoms with Crippen molar-refractivity contribution in [1.82, 2.24) is 0 Å². The molecule has 1 aliphatic rings. The van der Waals surface area contributed by atoms with Crippen LogP contribution in [0.15, 0.2) is 18.2 Å². The highest BCUT2D eigenvalue weighted by Gasteiger charge is 2.14. The first kappa shape index (κ1) is 9.53. The number of benzene rings is 1. The standard InChI is InChI=1S/C12H16O2/c1-14-12-6-5-9-3-2-4-11(13)7-10(9)8-12/h5-6,8,11,13H,2-4,7H2,1H3/t11-/m1/s1. The molecular weight excluding hydrogens is 176 g/mol. The predicted molar refractivity (Wildman–Crippen MR) is 55.6 cm³/mol. The van der Waals surface area contributed by atoms with Gasteiger partial charge in [0, 0.05) is 0 Å². The van der Waals surface area contributed by atoms with Gasteiger partial charge in [-0.25, -0.2) is 0 Å². The van der Waals surface area contributed by atoms with E-state index in [1.54, 1.807) is 7.11 Å². The molecule has 0 radical (unpaired) electrons. The molecule has 0 unspecified atom stereocenters. The monoisotopic (exact) mass is 192 g/mol. The van der Waals surface area contributed by atoms with E-state index < -0.39 is 0 Å². The third kappa shape index (κ3) is 1.90. The van der Waals surface area contributed by atoms with Crippen molar-refractivity contribution in [3.63, 3.8) is 0 Å². The second-order valence-electron chi connectivity index (χ2n) is 3.88. The molecule has 0 amide bonds. The van der Waals surface area contributed by atoms with Crippen molar-refractivity contribution in [3.8, 4) is 5.75 Å². The Labute approximate surface area is 84.5 Å². The Bertz CT molecular complexity index is 320. The largest absolute Gasteiger partial charge is 0.497 e. The molecule has 0 aromatic heterocycles. The van der Waals surface area contributed by atoms with E-state index in [1.165, 1.54) is 11.1 Å². The summed E-state index contributed by atoms with van der Waals surface area (Å²) in [5, 5.41) is 9.66. The van der Waals surface area contributed by atoms with Crippen LogP contribution in [-0.2, 0) is 12.8 Å². The van der Waals surface area contributed by atoms with E-state index >= 15 is 0 Å². The Morgan fingerprint density at radius 2 is 2.21 bits per heavy atom. The van der Waals surface area contributed by atoms with Crippen molar-refractivity contribution in [2.24, 2.45) is 0 Å². The summed E-state index contributed by atoms with van der Waals surface area (Å²) in [4.78, 5) is 0. The lowest BCUT2D eigenvalue weighted by Gasteiger charge is -2.09. The van der Waals surface area contributed by atoms with E-state index in [0.29, 0.717) is 0 Å². The number of ether oxygens (including phenoxy) is 1. The summed E-state index contributed by atoms with van der Waals surface area (Å²) in [5.41, 5.74) is 2.61. The van der Waals surface area contributed by atoms with Crippen LogP contribution in [0.5, 0.6) is 5.75 Å². The van der Waals surface area contributed by atoms with Crippen LogP contribution in [-0.4, -0.2) is 18.3 Å². The van der Waals surface area contributed by atoms with Gasteiger partial charge in [0.15, 0.2) is 0 Å². The Kier molecular flexibility index (Phi) is 2.73. The van der Waals surface area contributed by atoms with Crippen LogP contribution in [0, 0.1) is 0 Å². The molecule has 0 saturated carbocycles. The van der Waals surface area contributed by atoms with Crippen LogP contribution in [0.25, 0.3) is 0 Å². The summed E-state index contributed by atoms with van der Waals surface area (Å²) in [6.45, 7) is 0. The van der Waals surface area contributed by atoms with Crippen LogP contribution in [0.4, 0.5) is 0 Å². The van der Waals surface area contributed by atoms with Crippen LogP contribution in [0.3, 0.4) is 0 Å². The van der Waals surface area contributed by atoms with Crippen molar-refractivity contribution in [1.29, 1.82) is 0 Å². The van der Waals surface area contributed by atoms with Crippen molar-refractivity contribution < 1.29 is 9.84 Å². The van der Waals surface area contributed by atoms with Gasteiger partial charge in [0.05, 0.1) is 13.2 Å². The minimum atomic E-state index is -0.177. The fourth-order valence-corrected chi connectivity index (χ4v) is 2.05. The van der Waals surface area contributed by atoms with Crippen LogP contribution in [0.2, 0.25) is 0 Å². The number of rotatable bonds is 1. The molecule has 0 bridgehead atoms. The minimum Gasteiger partial charge on any atom is -0.497 e. The minimum absolute atomic E-state index is 0.177. The molecule has 1 aliphatic carbocycles. The van der Waals surface area contributed by atoms with Gasteiger partial charge in [0.25, 0.3) is 0 Å². The van der Waals surface area contributed by atoms with Crippen molar-refractivity contribution in [2.75, 3.05) is 7.11 Å². The number of methoxy groups -OCH3 is 1. The normalized spacial score (nSPS) is 21.1. The smallest absolute Gasteiger partial charge is 0.119 e. The van der Waals surface area contributed by atoms with Gasteiger partial charge in [-0.2, -0.15) is 0 Å². The summed E-state index contributed by atoms with van der Waals surface area (Å²) < 4.78 is 5.17. The fourth-order valence-electron chi connectivity index (χ4n) is 2.05. The second-order valence-corrected chi connectivity index (χ2v) is 3.88. The zero-order chi connectivity index (χ0) is 9.97. The SMILES string of the molecule is COc1ccc2c(c1)C[C@H](O)CCC2. The zero-order valence-corrected chi connectivity index (χ0v) is 8.49. The summed E-state index contributed by atoms with van der Waals surface area (Å²) in [7, 11) is 1.68. The van der Waals surface area contributed by atoms with E-state index in [9.17, 15) is 5.11 Å². The van der Waals surface area contributed by atoms with Gasteiger partial charge in [0.2, 0.25) is 0 Å². The molecule has 0 aliphatic heterocycles. The van der Waals surface area contributed by atoms with E-state index in [-0.39, 0.29) is 6.10 Å². The van der Waals surface area contributed by atoms with E-state index in [1.807, 2.05) is 12.1 Å². The molecular formula is C12H16O2. The summed E-state index contributed by atoms with van der Waals surface area (Å²) >= 11 is 0. The molecule has 1 N–H and O–H groups in total. The predicted octanol–water partition coefficient (Wildman–Crippen LogP) is 1.93. The average Bonchev–Trinajstić information content (AvgIpc) is 2.37. The lowest BCUT2D eigenvalue weighted by molar-refractivity contribution is 0.165. The third-order valence-electron chi connectivity index (χ3n) is 2.85. The van der Waals surface area contributed by atoms with Crippen molar-refractivity contribution in [2.45, 2.75) is 31.8 Å². The number of aliphatic hydroxyl groups excluding tert-OH is 1. The van der Waals surface area contributed by atoms with Gasteiger partial charge < -0.3 is 9.84 Å². The molecule has 14 heavy (non-hydrogen) atoms. The first-order chi connectivity index (χ1) is 6.79. The van der Waals surface area contributed by atoms with Crippen LogP contribution in [0.1, 0.15) is 24.0 Å². The van der Waals surface area contributed by atoms with Crippen molar-refractivity contribution >= 4 is 0 Å². The Balaban J connectivity index is 2.32. The number of aryl methyl sites for hydroxylation is 1. The Morgan fingerprint density at radius 1 is 1.36 bits per heavy atom. The number of hydrogen-bond donors (Lipinski definition) is 1. The number of fused-ring (bicyclic) bond motifs is 1. The second kappa shape index (κ2) is 4.01. The topological polar surface area (TPSA) is 29.5 Å². The Hall–Kier alpha value is -1.02. The van der Waals surface area contributed by atoms with E-state index in [2.05, 4.69) is 6.07 Å². The van der Waals surface area contributed by atoms with Gasteiger partial charge >= 0.3 is 0 Å². The van der Waals surface area contributed by atoms with Gasteiger partial charge in [-0.15, -0.1) is 0 Å². The molecule has 0 fully saturated rings.